The van der Waals surface area contributed by atoms with Crippen LogP contribution in [0.15, 0.2) is 40.8 Å². The summed E-state index contributed by atoms with van der Waals surface area (Å²) in [4.78, 5) is 0. The largest absolute Gasteiger partial charge is 0.456 e. The third-order valence-corrected chi connectivity index (χ3v) is 3.63. The summed E-state index contributed by atoms with van der Waals surface area (Å²) in [6, 6.07) is 12.1. The van der Waals surface area contributed by atoms with Crippen molar-refractivity contribution in [3.05, 3.63) is 47.0 Å². The first-order valence-corrected chi connectivity index (χ1v) is 6.46. The van der Waals surface area contributed by atoms with E-state index < -0.39 is 0 Å². The van der Waals surface area contributed by atoms with E-state index in [2.05, 4.69) is 39.0 Å². The molecule has 18 heavy (non-hydrogen) atoms. The van der Waals surface area contributed by atoms with E-state index >= 15 is 0 Å². The number of fused-ring (bicyclic) bond motifs is 3. The number of benzene rings is 2. The molecule has 0 aliphatic rings. The van der Waals surface area contributed by atoms with Gasteiger partial charge in [-0.25, -0.2) is 0 Å². The van der Waals surface area contributed by atoms with Gasteiger partial charge in [-0.2, -0.15) is 0 Å². The molecule has 0 aliphatic heterocycles. The van der Waals surface area contributed by atoms with Crippen LogP contribution in [0, 0.1) is 0 Å². The molecule has 0 saturated carbocycles. The highest BCUT2D eigenvalue weighted by Gasteiger charge is 2.16. The van der Waals surface area contributed by atoms with Gasteiger partial charge in [-0.05, 0) is 29.2 Å². The van der Waals surface area contributed by atoms with E-state index in [1.165, 1.54) is 5.56 Å². The maximum atomic E-state index is 6.25. The van der Waals surface area contributed by atoms with Gasteiger partial charge in [0.25, 0.3) is 0 Å². The van der Waals surface area contributed by atoms with Crippen LogP contribution < -0.4 is 0 Å². The smallest absolute Gasteiger partial charge is 0.136 e. The van der Waals surface area contributed by atoms with Crippen LogP contribution in [-0.4, -0.2) is 0 Å². The van der Waals surface area contributed by atoms with Gasteiger partial charge < -0.3 is 4.42 Å². The Balaban J connectivity index is 2.38. The number of furan rings is 1. The first-order chi connectivity index (χ1) is 8.47. The Kier molecular flexibility index (Phi) is 2.43. The molecule has 1 aromatic heterocycles. The Bertz CT molecular complexity index is 732. The molecule has 0 unspecified atom stereocenters. The highest BCUT2D eigenvalue weighted by atomic mass is 35.5. The first-order valence-electron chi connectivity index (χ1n) is 6.08. The number of halogens is 1. The second-order valence-corrected chi connectivity index (χ2v) is 6.08. The molecule has 1 nitrogen and oxygen atoms in total. The molecule has 2 aromatic carbocycles. The van der Waals surface area contributed by atoms with Crippen LogP contribution >= 0.6 is 11.6 Å². The molecule has 3 rings (SSSR count). The Morgan fingerprint density at radius 3 is 2.50 bits per heavy atom. The minimum absolute atomic E-state index is 0.122. The molecule has 2 heteroatoms. The molecule has 1 heterocycles. The van der Waals surface area contributed by atoms with Gasteiger partial charge >= 0.3 is 0 Å². The van der Waals surface area contributed by atoms with Crippen molar-refractivity contribution in [1.29, 1.82) is 0 Å². The molecular formula is C16H15ClO. The predicted molar refractivity (Wildman–Crippen MR) is 77.4 cm³/mol. The van der Waals surface area contributed by atoms with Gasteiger partial charge in [-0.3, -0.25) is 0 Å². The summed E-state index contributed by atoms with van der Waals surface area (Å²) in [5.41, 5.74) is 3.15. The lowest BCUT2D eigenvalue weighted by molar-refractivity contribution is 0.587. The third-order valence-electron chi connectivity index (χ3n) is 3.31. The SMILES string of the molecule is CC(C)(C)c1ccc2c(c1)oc1cccc(Cl)c12. The van der Waals surface area contributed by atoms with Crippen molar-refractivity contribution in [2.75, 3.05) is 0 Å². The van der Waals surface area contributed by atoms with Gasteiger partial charge in [-0.1, -0.05) is 50.6 Å². The maximum absolute atomic E-state index is 6.25. The van der Waals surface area contributed by atoms with Crippen molar-refractivity contribution < 1.29 is 4.42 Å². The first kappa shape index (κ1) is 11.6. The van der Waals surface area contributed by atoms with Crippen molar-refractivity contribution >= 4 is 33.5 Å². The summed E-state index contributed by atoms with van der Waals surface area (Å²) in [7, 11) is 0. The van der Waals surface area contributed by atoms with Crippen molar-refractivity contribution in [2.24, 2.45) is 0 Å². The van der Waals surface area contributed by atoms with Crippen LogP contribution in [0.3, 0.4) is 0 Å². The molecule has 0 N–H and O–H groups in total. The fourth-order valence-electron chi connectivity index (χ4n) is 2.25. The molecule has 0 spiro atoms. The van der Waals surface area contributed by atoms with E-state index in [1.54, 1.807) is 0 Å². The van der Waals surface area contributed by atoms with Crippen molar-refractivity contribution in [3.8, 4) is 0 Å². The van der Waals surface area contributed by atoms with Crippen LogP contribution in [-0.2, 0) is 5.41 Å². The topological polar surface area (TPSA) is 13.1 Å². The van der Waals surface area contributed by atoms with Crippen LogP contribution in [0.5, 0.6) is 0 Å². The summed E-state index contributed by atoms with van der Waals surface area (Å²) in [6.45, 7) is 6.59. The summed E-state index contributed by atoms with van der Waals surface area (Å²) in [5, 5.41) is 2.84. The molecule has 0 atom stereocenters. The highest BCUT2D eigenvalue weighted by Crippen LogP contribution is 2.35. The number of hydrogen-bond acceptors (Lipinski definition) is 1. The Morgan fingerprint density at radius 1 is 1.00 bits per heavy atom. The lowest BCUT2D eigenvalue weighted by Gasteiger charge is -2.18. The maximum Gasteiger partial charge on any atom is 0.136 e. The Hall–Kier alpha value is -1.47. The van der Waals surface area contributed by atoms with Gasteiger partial charge in [0, 0.05) is 10.8 Å². The van der Waals surface area contributed by atoms with Gasteiger partial charge in [0.1, 0.15) is 11.2 Å². The van der Waals surface area contributed by atoms with E-state index in [0.29, 0.717) is 0 Å². The van der Waals surface area contributed by atoms with E-state index in [0.717, 1.165) is 27.0 Å². The molecule has 0 fully saturated rings. The molecule has 0 bridgehead atoms. The fourth-order valence-corrected chi connectivity index (χ4v) is 2.52. The zero-order valence-corrected chi connectivity index (χ0v) is 11.5. The van der Waals surface area contributed by atoms with Gasteiger partial charge in [0.05, 0.1) is 5.02 Å². The Morgan fingerprint density at radius 2 is 1.78 bits per heavy atom. The van der Waals surface area contributed by atoms with E-state index in [1.807, 2.05) is 18.2 Å². The summed E-state index contributed by atoms with van der Waals surface area (Å²) in [6.07, 6.45) is 0. The van der Waals surface area contributed by atoms with Gasteiger partial charge in [-0.15, -0.1) is 0 Å². The van der Waals surface area contributed by atoms with Crippen molar-refractivity contribution in [1.82, 2.24) is 0 Å². The second-order valence-electron chi connectivity index (χ2n) is 5.68. The van der Waals surface area contributed by atoms with Crippen LogP contribution in [0.2, 0.25) is 5.02 Å². The zero-order valence-electron chi connectivity index (χ0n) is 10.8. The van der Waals surface area contributed by atoms with E-state index in [9.17, 15) is 0 Å². The minimum atomic E-state index is 0.122. The molecule has 0 amide bonds. The van der Waals surface area contributed by atoms with Crippen molar-refractivity contribution in [3.63, 3.8) is 0 Å². The average molecular weight is 259 g/mol. The van der Waals surface area contributed by atoms with Crippen LogP contribution in [0.25, 0.3) is 21.9 Å². The summed E-state index contributed by atoms with van der Waals surface area (Å²) < 4.78 is 5.88. The summed E-state index contributed by atoms with van der Waals surface area (Å²) >= 11 is 6.25. The van der Waals surface area contributed by atoms with E-state index in [4.69, 9.17) is 16.0 Å². The van der Waals surface area contributed by atoms with Crippen LogP contribution in [0.1, 0.15) is 26.3 Å². The highest BCUT2D eigenvalue weighted by molar-refractivity contribution is 6.37. The molecule has 92 valence electrons. The Labute approximate surface area is 111 Å². The predicted octanol–water partition coefficient (Wildman–Crippen LogP) is 5.54. The molecule has 0 aliphatic carbocycles. The van der Waals surface area contributed by atoms with Gasteiger partial charge in [0.2, 0.25) is 0 Å². The monoisotopic (exact) mass is 258 g/mol. The second kappa shape index (κ2) is 3.76. The lowest BCUT2D eigenvalue weighted by atomic mass is 9.87. The van der Waals surface area contributed by atoms with E-state index in [-0.39, 0.29) is 5.41 Å². The number of hydrogen-bond donors (Lipinski definition) is 0. The minimum Gasteiger partial charge on any atom is -0.456 e. The van der Waals surface area contributed by atoms with Crippen LogP contribution in [0.4, 0.5) is 0 Å². The molecular weight excluding hydrogens is 244 g/mol. The van der Waals surface area contributed by atoms with Gasteiger partial charge in [0.15, 0.2) is 0 Å². The number of rotatable bonds is 0. The normalized spacial score (nSPS) is 12.4. The summed E-state index contributed by atoms with van der Waals surface area (Å²) in [5.74, 6) is 0. The molecule has 0 saturated heterocycles. The average Bonchev–Trinajstić information content (AvgIpc) is 2.66. The third kappa shape index (κ3) is 1.70. The lowest BCUT2D eigenvalue weighted by Crippen LogP contribution is -2.10. The van der Waals surface area contributed by atoms with Crippen molar-refractivity contribution in [2.45, 2.75) is 26.2 Å². The fraction of sp³-hybridized carbons (Fsp3) is 0.250. The zero-order chi connectivity index (χ0) is 12.9. The standard InChI is InChI=1S/C16H15ClO/c1-16(2,3)10-7-8-11-14(9-10)18-13-6-4-5-12(17)15(11)13/h4-9H,1-3H3. The molecule has 0 radical (unpaired) electrons. The quantitative estimate of drug-likeness (QED) is 0.516. The molecule has 3 aromatic rings.